The zero-order chi connectivity index (χ0) is 29.9. The Kier molecular flexibility index (Phi) is 7.96. The number of alkyl halides is 3. The molecule has 2 amide bonds. The summed E-state index contributed by atoms with van der Waals surface area (Å²) in [7, 11) is 1.54. The fourth-order valence-electron chi connectivity index (χ4n) is 4.66. The Morgan fingerprint density at radius 3 is 2.50 bits per heavy atom. The molecule has 1 unspecified atom stereocenters. The van der Waals surface area contributed by atoms with Crippen molar-refractivity contribution in [3.05, 3.63) is 95.8 Å². The average Bonchev–Trinajstić information content (AvgIpc) is 3.68. The molecule has 2 aromatic carbocycles. The fraction of sp³-hybridized carbons (Fsp3) is 0.241. The number of hydrogen-bond donors (Lipinski definition) is 2. The van der Waals surface area contributed by atoms with Crippen LogP contribution in [0.15, 0.2) is 79.1 Å². The zero-order valence-corrected chi connectivity index (χ0v) is 22.3. The molecular weight excluding hydrogens is 555 g/mol. The molecule has 13 heteroatoms. The van der Waals surface area contributed by atoms with Gasteiger partial charge in [0.25, 0.3) is 17.6 Å². The van der Waals surface area contributed by atoms with Gasteiger partial charge in [0.2, 0.25) is 0 Å². The van der Waals surface area contributed by atoms with Gasteiger partial charge < -0.3 is 25.3 Å². The van der Waals surface area contributed by atoms with Crippen molar-refractivity contribution in [3.63, 3.8) is 0 Å². The molecule has 2 aromatic heterocycles. The van der Waals surface area contributed by atoms with Crippen LogP contribution in [0.1, 0.15) is 21.5 Å². The van der Waals surface area contributed by atoms with E-state index in [1.165, 1.54) is 48.5 Å². The van der Waals surface area contributed by atoms with Crippen LogP contribution in [-0.2, 0) is 26.9 Å². The van der Waals surface area contributed by atoms with Crippen molar-refractivity contribution >= 4 is 11.8 Å². The average molecular weight is 582 g/mol. The van der Waals surface area contributed by atoms with E-state index in [0.29, 0.717) is 5.75 Å². The number of methoxy groups -OCH3 is 1. The van der Waals surface area contributed by atoms with E-state index in [4.69, 9.17) is 19.9 Å². The molecule has 5 rings (SSSR count). The van der Waals surface area contributed by atoms with Crippen LogP contribution in [0.5, 0.6) is 5.75 Å². The summed E-state index contributed by atoms with van der Waals surface area (Å²) < 4.78 is 57.5. The Balaban J connectivity index is 1.45. The van der Waals surface area contributed by atoms with Crippen molar-refractivity contribution in [1.29, 1.82) is 0 Å². The monoisotopic (exact) mass is 581 g/mol. The van der Waals surface area contributed by atoms with Gasteiger partial charge in [-0.1, -0.05) is 24.3 Å². The van der Waals surface area contributed by atoms with Gasteiger partial charge in [-0.3, -0.25) is 9.59 Å². The quantitative estimate of drug-likeness (QED) is 0.309. The van der Waals surface area contributed by atoms with Gasteiger partial charge in [0.1, 0.15) is 5.75 Å². The molecule has 10 nitrogen and oxygen atoms in total. The normalized spacial score (nSPS) is 15.2. The Morgan fingerprint density at radius 1 is 1.10 bits per heavy atom. The topological polar surface area (TPSA) is 131 Å². The number of nitrogens with one attached hydrogen (secondary N) is 1. The maximum Gasteiger partial charge on any atom is 0.416 e. The van der Waals surface area contributed by atoms with Gasteiger partial charge in [0.15, 0.2) is 5.82 Å². The van der Waals surface area contributed by atoms with Gasteiger partial charge in [-0.2, -0.15) is 18.3 Å². The standard InChI is InChI=1S/C29H26F3N5O5/c1-40-21-9-7-18(8-10-21)16-24(28(27(33)39)41-14-15-42-28)35-26(38)22-6-3-12-34-25(22)37-13-11-23(36-37)19-4-2-5-20(17-19)29(30,31)32/h2-13,17,24H,14-16H2,1H3,(H2,33,39)(H,35,38). The molecule has 0 radical (unpaired) electrons. The third-order valence-corrected chi connectivity index (χ3v) is 6.75. The first-order valence-electron chi connectivity index (χ1n) is 12.8. The number of amides is 2. The molecule has 1 atom stereocenters. The number of primary amides is 1. The number of carbonyl (C=O) groups is 2. The van der Waals surface area contributed by atoms with Crippen LogP contribution >= 0.6 is 0 Å². The molecule has 1 fully saturated rings. The number of nitrogens with two attached hydrogens (primary N) is 1. The summed E-state index contributed by atoms with van der Waals surface area (Å²) in [5.74, 6) is -2.71. The second-order valence-electron chi connectivity index (χ2n) is 9.41. The minimum absolute atomic E-state index is 0.0774. The predicted molar refractivity (Wildman–Crippen MR) is 144 cm³/mol. The Bertz CT molecular complexity index is 1580. The first kappa shape index (κ1) is 28.8. The van der Waals surface area contributed by atoms with Crippen LogP contribution in [0.4, 0.5) is 13.2 Å². The van der Waals surface area contributed by atoms with Gasteiger partial charge in [-0.05, 0) is 54.4 Å². The number of rotatable bonds is 9. The van der Waals surface area contributed by atoms with Crippen LogP contribution in [0.3, 0.4) is 0 Å². The summed E-state index contributed by atoms with van der Waals surface area (Å²) in [5, 5.41) is 7.19. The van der Waals surface area contributed by atoms with Crippen LogP contribution in [-0.4, -0.2) is 58.7 Å². The Labute approximate surface area is 238 Å². The molecule has 0 spiro atoms. The number of halogens is 3. The largest absolute Gasteiger partial charge is 0.497 e. The smallest absolute Gasteiger partial charge is 0.416 e. The number of hydrogen-bond acceptors (Lipinski definition) is 7. The molecule has 4 aromatic rings. The van der Waals surface area contributed by atoms with E-state index in [1.54, 1.807) is 30.3 Å². The van der Waals surface area contributed by atoms with Gasteiger partial charge in [0.05, 0.1) is 43.2 Å². The van der Waals surface area contributed by atoms with E-state index in [9.17, 15) is 22.8 Å². The third kappa shape index (κ3) is 5.83. The molecule has 0 saturated carbocycles. The summed E-state index contributed by atoms with van der Waals surface area (Å²) in [4.78, 5) is 30.6. The summed E-state index contributed by atoms with van der Waals surface area (Å²) >= 11 is 0. The maximum atomic E-state index is 13.7. The number of pyridine rings is 1. The van der Waals surface area contributed by atoms with Crippen LogP contribution in [0.2, 0.25) is 0 Å². The molecule has 42 heavy (non-hydrogen) atoms. The van der Waals surface area contributed by atoms with Crippen LogP contribution in [0, 0.1) is 0 Å². The summed E-state index contributed by atoms with van der Waals surface area (Å²) in [6.45, 7) is 0.198. The molecule has 1 aliphatic rings. The van der Waals surface area contributed by atoms with E-state index in [0.717, 1.165) is 17.7 Å². The highest BCUT2D eigenvalue weighted by atomic mass is 19.4. The van der Waals surface area contributed by atoms with Gasteiger partial charge in [0, 0.05) is 18.0 Å². The molecule has 0 aliphatic carbocycles. The summed E-state index contributed by atoms with van der Waals surface area (Å²) in [6, 6.07) is 15.3. The van der Waals surface area contributed by atoms with Crippen LogP contribution < -0.4 is 15.8 Å². The first-order chi connectivity index (χ1) is 20.1. The van der Waals surface area contributed by atoms with Crippen molar-refractivity contribution in [2.45, 2.75) is 24.4 Å². The van der Waals surface area contributed by atoms with Gasteiger partial charge in [-0.15, -0.1) is 0 Å². The highest BCUT2D eigenvalue weighted by Gasteiger charge is 2.51. The van der Waals surface area contributed by atoms with E-state index in [-0.39, 0.29) is 42.3 Å². The highest BCUT2D eigenvalue weighted by molar-refractivity contribution is 5.98. The lowest BCUT2D eigenvalue weighted by Crippen LogP contribution is -2.61. The first-order valence-corrected chi connectivity index (χ1v) is 12.8. The van der Waals surface area contributed by atoms with Crippen LogP contribution in [0.25, 0.3) is 17.1 Å². The molecule has 3 heterocycles. The molecule has 218 valence electrons. The van der Waals surface area contributed by atoms with Crippen molar-refractivity contribution < 1.29 is 37.0 Å². The van der Waals surface area contributed by atoms with Crippen molar-refractivity contribution in [1.82, 2.24) is 20.1 Å². The molecular formula is C29H26F3N5O5. The lowest BCUT2D eigenvalue weighted by Gasteiger charge is -2.33. The molecule has 1 aliphatic heterocycles. The number of nitrogens with zero attached hydrogens (tertiary/aromatic N) is 3. The lowest BCUT2D eigenvalue weighted by atomic mass is 9.97. The molecule has 3 N–H and O–H groups in total. The SMILES string of the molecule is COc1ccc(CC(NC(=O)c2cccnc2-n2ccc(-c3cccc(C(F)(F)F)c3)n2)C2(C(N)=O)OCCO2)cc1. The van der Waals surface area contributed by atoms with E-state index in [1.807, 2.05) is 0 Å². The maximum absolute atomic E-state index is 13.7. The fourth-order valence-corrected chi connectivity index (χ4v) is 4.66. The molecule has 0 bridgehead atoms. The van der Waals surface area contributed by atoms with Gasteiger partial charge >= 0.3 is 6.18 Å². The van der Waals surface area contributed by atoms with Crippen molar-refractivity contribution in [3.8, 4) is 22.8 Å². The number of aromatic nitrogens is 3. The minimum atomic E-state index is -4.51. The third-order valence-electron chi connectivity index (χ3n) is 6.75. The lowest BCUT2D eigenvalue weighted by molar-refractivity contribution is -0.189. The van der Waals surface area contributed by atoms with E-state index in [2.05, 4.69) is 15.4 Å². The summed E-state index contributed by atoms with van der Waals surface area (Å²) in [6.07, 6.45) is -1.46. The second kappa shape index (κ2) is 11.6. The molecule has 1 saturated heterocycles. The number of carbonyl (C=O) groups excluding carboxylic acids is 2. The zero-order valence-electron chi connectivity index (χ0n) is 22.3. The minimum Gasteiger partial charge on any atom is -0.497 e. The number of ether oxygens (including phenoxy) is 3. The Morgan fingerprint density at radius 2 is 1.83 bits per heavy atom. The van der Waals surface area contributed by atoms with E-state index < -0.39 is 35.4 Å². The second-order valence-corrected chi connectivity index (χ2v) is 9.41. The predicted octanol–water partition coefficient (Wildman–Crippen LogP) is 3.53. The number of benzene rings is 2. The van der Waals surface area contributed by atoms with Crippen molar-refractivity contribution in [2.75, 3.05) is 20.3 Å². The highest BCUT2D eigenvalue weighted by Crippen LogP contribution is 2.32. The Hall–Kier alpha value is -4.75. The van der Waals surface area contributed by atoms with Gasteiger partial charge in [-0.25, -0.2) is 9.67 Å². The summed E-state index contributed by atoms with van der Waals surface area (Å²) in [5.41, 5.74) is 6.20. The van der Waals surface area contributed by atoms with Crippen molar-refractivity contribution in [2.24, 2.45) is 5.73 Å². The van der Waals surface area contributed by atoms with E-state index >= 15 is 0 Å².